The van der Waals surface area contributed by atoms with E-state index < -0.39 is 53.6 Å². The fourth-order valence-electron chi connectivity index (χ4n) is 7.73. The molecule has 0 aliphatic carbocycles. The van der Waals surface area contributed by atoms with Crippen LogP contribution in [0.25, 0.3) is 11.0 Å². The molecule has 1 aromatic heterocycles. The molecule has 4 aliphatic rings. The van der Waals surface area contributed by atoms with Gasteiger partial charge in [0, 0.05) is 33.2 Å². The molecule has 1 spiro atoms. The summed E-state index contributed by atoms with van der Waals surface area (Å²) in [5.41, 5.74) is 0.668. The molecule has 0 radical (unpaired) electrons. The van der Waals surface area contributed by atoms with Gasteiger partial charge in [-0.3, -0.25) is 19.2 Å². The molecule has 3 aromatic rings. The first-order chi connectivity index (χ1) is 23.7. The number of aliphatic hydroxyl groups is 1. The highest BCUT2D eigenvalue weighted by molar-refractivity contribution is 5.99. The predicted molar refractivity (Wildman–Crippen MR) is 176 cm³/mol. The maximum absolute atomic E-state index is 14.6. The molecule has 5 heterocycles. The van der Waals surface area contributed by atoms with Gasteiger partial charge in [-0.1, -0.05) is 72.0 Å². The van der Waals surface area contributed by atoms with Crippen molar-refractivity contribution in [2.45, 2.75) is 62.7 Å². The fourth-order valence-corrected chi connectivity index (χ4v) is 7.73. The molecule has 2 fully saturated rings. The Hall–Kier alpha value is -4.88. The number of likely N-dealkylation sites (N-methyl/N-ethyl adjacent to an activating group) is 1. The fraction of sp³-hybridized carbons (Fsp3) is 0.444. The summed E-state index contributed by atoms with van der Waals surface area (Å²) in [5, 5.41) is 18.2. The Morgan fingerprint density at radius 3 is 2.57 bits per heavy atom. The molecule has 0 bridgehead atoms. The van der Waals surface area contributed by atoms with Gasteiger partial charge in [0.2, 0.25) is 11.8 Å². The van der Waals surface area contributed by atoms with Crippen molar-refractivity contribution < 1.29 is 33.8 Å². The number of benzene rings is 2. The van der Waals surface area contributed by atoms with E-state index in [0.29, 0.717) is 17.5 Å². The number of aromatic nitrogens is 3. The molecular formula is C36H40N6O7. The van der Waals surface area contributed by atoms with Crippen LogP contribution < -0.4 is 0 Å². The summed E-state index contributed by atoms with van der Waals surface area (Å²) in [6.45, 7) is 2.03. The number of para-hydroxylation sites is 1. The summed E-state index contributed by atoms with van der Waals surface area (Å²) in [6.07, 6.45) is 6.24. The second-order valence-electron chi connectivity index (χ2n) is 13.1. The number of hydrogen-bond acceptors (Lipinski definition) is 9. The normalized spacial score (nSPS) is 31.1. The van der Waals surface area contributed by atoms with Crippen LogP contribution in [0.15, 0.2) is 78.9 Å². The van der Waals surface area contributed by atoms with E-state index in [1.807, 2.05) is 61.5 Å². The number of esters is 1. The second kappa shape index (κ2) is 13.2. The van der Waals surface area contributed by atoms with E-state index in [1.54, 1.807) is 45.8 Å². The first kappa shape index (κ1) is 32.7. The van der Waals surface area contributed by atoms with E-state index >= 15 is 0 Å². The Kier molecular flexibility index (Phi) is 8.80. The third kappa shape index (κ3) is 5.60. The number of likely N-dealkylation sites (tertiary alicyclic amines) is 1. The Morgan fingerprint density at radius 2 is 1.78 bits per heavy atom. The van der Waals surface area contributed by atoms with Crippen LogP contribution in [0.4, 0.5) is 0 Å². The van der Waals surface area contributed by atoms with Crippen LogP contribution in [0.5, 0.6) is 0 Å². The number of amides is 3. The average molecular weight is 669 g/mol. The largest absolute Gasteiger partial charge is 0.455 e. The molecule has 7 atom stereocenters. The molecule has 3 amide bonds. The van der Waals surface area contributed by atoms with Gasteiger partial charge in [0.1, 0.15) is 35.9 Å². The van der Waals surface area contributed by atoms with Gasteiger partial charge >= 0.3 is 5.97 Å². The van der Waals surface area contributed by atoms with Gasteiger partial charge < -0.3 is 29.3 Å². The highest BCUT2D eigenvalue weighted by Crippen LogP contribution is 2.53. The number of ether oxygens (including phenoxy) is 2. The van der Waals surface area contributed by atoms with Crippen LogP contribution in [-0.4, -0.2) is 109 Å². The zero-order chi connectivity index (χ0) is 34.3. The minimum absolute atomic E-state index is 0.0793. The van der Waals surface area contributed by atoms with E-state index in [-0.39, 0.29) is 51.0 Å². The van der Waals surface area contributed by atoms with Crippen LogP contribution >= 0.6 is 0 Å². The molecule has 0 unspecified atom stereocenters. The number of aliphatic hydroxyl groups excluding tert-OH is 1. The monoisotopic (exact) mass is 668 g/mol. The standard InChI is InChI=1S/C36H40N6O7/c1-23-31(24-12-4-3-5-13-24)48-35(47)29-27(16-8-9-17-28(44)39(23)2)49-36-18-10-19-40(22-42-26-15-7-6-14-25(26)37-38-42)34(46)32(36)41(20-11-21-43)33(45)30(29)36/h3-8,10,12-16,18,23,27,29-32,43H,9,11,17,19-22H2,1-2H3/b16-8-/t23-,27-,29+,30+,31+,32-,36+/m0/s1. The van der Waals surface area contributed by atoms with Gasteiger partial charge in [-0.05, 0) is 37.5 Å². The van der Waals surface area contributed by atoms with Crippen molar-refractivity contribution in [3.8, 4) is 0 Å². The second-order valence-corrected chi connectivity index (χ2v) is 13.1. The molecule has 7 rings (SSSR count). The molecule has 0 saturated carbocycles. The lowest BCUT2D eigenvalue weighted by molar-refractivity contribution is -0.164. The van der Waals surface area contributed by atoms with E-state index in [9.17, 15) is 24.3 Å². The van der Waals surface area contributed by atoms with Gasteiger partial charge in [-0.2, -0.15) is 0 Å². The molecular weight excluding hydrogens is 628 g/mol. The molecule has 4 aliphatic heterocycles. The van der Waals surface area contributed by atoms with Gasteiger partial charge in [0.25, 0.3) is 5.91 Å². The number of nitrogens with zero attached hydrogens (tertiary/aromatic N) is 6. The highest BCUT2D eigenvalue weighted by atomic mass is 16.6. The number of carbonyl (C=O) groups excluding carboxylic acids is 4. The lowest BCUT2D eigenvalue weighted by atomic mass is 9.77. The molecule has 1 N–H and O–H groups in total. The summed E-state index contributed by atoms with van der Waals surface area (Å²) >= 11 is 0. The van der Waals surface area contributed by atoms with Crippen LogP contribution in [0.3, 0.4) is 0 Å². The number of hydrogen-bond donors (Lipinski definition) is 1. The molecule has 2 aromatic carbocycles. The minimum atomic E-state index is -1.48. The smallest absolute Gasteiger partial charge is 0.313 e. The number of rotatable bonds is 6. The third-order valence-electron chi connectivity index (χ3n) is 10.3. The number of allylic oxidation sites excluding steroid dienone is 1. The van der Waals surface area contributed by atoms with E-state index in [4.69, 9.17) is 9.47 Å². The molecule has 256 valence electrons. The number of cyclic esters (lactones) is 1. The highest BCUT2D eigenvalue weighted by Gasteiger charge is 2.71. The summed E-state index contributed by atoms with van der Waals surface area (Å²) in [6, 6.07) is 15.1. The summed E-state index contributed by atoms with van der Waals surface area (Å²) < 4.78 is 14.7. The topological polar surface area (TPSA) is 147 Å². The zero-order valence-corrected chi connectivity index (χ0v) is 27.5. The minimum Gasteiger partial charge on any atom is -0.455 e. The quantitative estimate of drug-likeness (QED) is 0.309. The first-order valence-corrected chi connectivity index (χ1v) is 16.8. The third-order valence-corrected chi connectivity index (χ3v) is 10.3. The first-order valence-electron chi connectivity index (χ1n) is 16.8. The SMILES string of the molecule is C[C@H]1[C@H](c2ccccc2)OC(=O)[C@@H]2[C@H](/C=C\CCC(=O)N1C)O[C@@]13C=CCN(Cn4nnc5ccccc54)C(=O)[C@@H]1N(CCCO)C(=O)[C@@H]23. The Labute approximate surface area is 283 Å². The number of fused-ring (bicyclic) bond motifs is 3. The molecule has 2 saturated heterocycles. The van der Waals surface area contributed by atoms with Crippen LogP contribution in [0.1, 0.15) is 37.9 Å². The zero-order valence-electron chi connectivity index (χ0n) is 27.5. The van der Waals surface area contributed by atoms with E-state index in [0.717, 1.165) is 5.52 Å². The van der Waals surface area contributed by atoms with Gasteiger partial charge in [-0.15, -0.1) is 5.10 Å². The maximum atomic E-state index is 14.6. The van der Waals surface area contributed by atoms with Crippen molar-refractivity contribution >= 4 is 34.7 Å². The molecule has 49 heavy (non-hydrogen) atoms. The summed E-state index contributed by atoms with van der Waals surface area (Å²) in [7, 11) is 1.70. The lowest BCUT2D eigenvalue weighted by Gasteiger charge is -2.35. The average Bonchev–Trinajstić information content (AvgIpc) is 3.71. The summed E-state index contributed by atoms with van der Waals surface area (Å²) in [5.74, 6) is -3.67. The number of carbonyl (C=O) groups is 4. The van der Waals surface area contributed by atoms with Crippen LogP contribution in [0, 0.1) is 11.8 Å². The van der Waals surface area contributed by atoms with Gasteiger partial charge in [0.05, 0.1) is 23.6 Å². The lowest BCUT2D eigenvalue weighted by Crippen LogP contribution is -2.55. The Bertz CT molecular complexity index is 1810. The maximum Gasteiger partial charge on any atom is 0.313 e. The Morgan fingerprint density at radius 1 is 1.00 bits per heavy atom. The van der Waals surface area contributed by atoms with Crippen LogP contribution in [-0.2, 0) is 35.3 Å². The van der Waals surface area contributed by atoms with Crippen molar-refractivity contribution in [1.82, 2.24) is 29.7 Å². The molecule has 13 heteroatoms. The van der Waals surface area contributed by atoms with Gasteiger partial charge in [-0.25, -0.2) is 4.68 Å². The van der Waals surface area contributed by atoms with E-state index in [1.165, 1.54) is 4.90 Å². The van der Waals surface area contributed by atoms with Crippen molar-refractivity contribution in [2.75, 3.05) is 26.7 Å². The van der Waals surface area contributed by atoms with Crippen molar-refractivity contribution in [3.63, 3.8) is 0 Å². The van der Waals surface area contributed by atoms with Crippen molar-refractivity contribution in [1.29, 1.82) is 0 Å². The molecule has 13 nitrogen and oxygen atoms in total. The van der Waals surface area contributed by atoms with Crippen LogP contribution in [0.2, 0.25) is 0 Å². The van der Waals surface area contributed by atoms with Crippen molar-refractivity contribution in [2.24, 2.45) is 11.8 Å². The Balaban J connectivity index is 1.28. The van der Waals surface area contributed by atoms with Crippen molar-refractivity contribution in [3.05, 3.63) is 84.5 Å². The van der Waals surface area contributed by atoms with E-state index in [2.05, 4.69) is 10.3 Å². The van der Waals surface area contributed by atoms with Gasteiger partial charge in [0.15, 0.2) is 0 Å². The predicted octanol–water partition coefficient (Wildman–Crippen LogP) is 2.23. The summed E-state index contributed by atoms with van der Waals surface area (Å²) in [4.78, 5) is 61.4.